The molecule has 1 aromatic carbocycles. The molecule has 2 heterocycles. The lowest BCUT2D eigenvalue weighted by molar-refractivity contribution is -0.285. The van der Waals surface area contributed by atoms with Crippen molar-refractivity contribution < 1.29 is 39.4 Å². The number of ether oxygens (including phenoxy) is 3. The van der Waals surface area contributed by atoms with Gasteiger partial charge in [-0.25, -0.2) is 4.79 Å². The molecule has 2 aliphatic rings. The van der Waals surface area contributed by atoms with Crippen LogP contribution in [0.4, 0.5) is 0 Å². The highest BCUT2D eigenvalue weighted by atomic mass is 16.7. The Hall–Kier alpha value is -1.97. The first-order valence-corrected chi connectivity index (χ1v) is 8.28. The van der Waals surface area contributed by atoms with Gasteiger partial charge in [0.2, 0.25) is 6.29 Å². The third kappa shape index (κ3) is 3.46. The number of hydrogen-bond acceptors (Lipinski definition) is 8. The van der Waals surface area contributed by atoms with Crippen molar-refractivity contribution in [2.45, 2.75) is 50.2 Å². The SMILES string of the molecule is C=C(C)[C@@H]1Cc2cc(C(=O)O[C@@H]3O[C@@H](CO)[C@@H](O)[C@@H](O)[C@H]3O)ccc2O1. The molecular weight excluding hydrogens is 344 g/mol. The van der Waals surface area contributed by atoms with Crippen LogP contribution in [-0.2, 0) is 15.9 Å². The molecule has 8 nitrogen and oxygen atoms in total. The Kier molecular flexibility index (Phi) is 5.31. The zero-order chi connectivity index (χ0) is 19.0. The van der Waals surface area contributed by atoms with Crippen LogP contribution >= 0.6 is 0 Å². The molecule has 6 atom stereocenters. The minimum atomic E-state index is -1.64. The van der Waals surface area contributed by atoms with Gasteiger partial charge in [0.05, 0.1) is 12.2 Å². The number of esters is 1. The van der Waals surface area contributed by atoms with Crippen molar-refractivity contribution in [3.8, 4) is 5.75 Å². The average Bonchev–Trinajstić information content (AvgIpc) is 3.05. The number of benzene rings is 1. The van der Waals surface area contributed by atoms with E-state index in [0.717, 1.165) is 11.1 Å². The van der Waals surface area contributed by atoms with Gasteiger partial charge in [0, 0.05) is 6.42 Å². The molecule has 0 spiro atoms. The van der Waals surface area contributed by atoms with E-state index >= 15 is 0 Å². The van der Waals surface area contributed by atoms with Crippen LogP contribution in [0.5, 0.6) is 5.75 Å². The van der Waals surface area contributed by atoms with Crippen LogP contribution in [0.3, 0.4) is 0 Å². The number of carbonyl (C=O) groups is 1. The molecule has 0 aromatic heterocycles. The molecular formula is C18H22O8. The molecule has 3 rings (SSSR count). The van der Waals surface area contributed by atoms with E-state index in [1.165, 1.54) is 6.07 Å². The predicted octanol–water partition coefficient (Wildman–Crippen LogP) is -0.477. The number of fused-ring (bicyclic) bond motifs is 1. The summed E-state index contributed by atoms with van der Waals surface area (Å²) in [6.07, 6.45) is -6.96. The van der Waals surface area contributed by atoms with Crippen molar-refractivity contribution in [1.29, 1.82) is 0 Å². The summed E-state index contributed by atoms with van der Waals surface area (Å²) in [7, 11) is 0. The number of aliphatic hydroxyl groups excluding tert-OH is 4. The van der Waals surface area contributed by atoms with Crippen molar-refractivity contribution in [3.05, 3.63) is 41.5 Å². The third-order valence-corrected chi connectivity index (χ3v) is 4.59. The van der Waals surface area contributed by atoms with Crippen LogP contribution in [0.2, 0.25) is 0 Å². The molecule has 0 amide bonds. The Morgan fingerprint density at radius 2 is 2.00 bits per heavy atom. The van der Waals surface area contributed by atoms with Gasteiger partial charge in [-0.3, -0.25) is 0 Å². The highest BCUT2D eigenvalue weighted by Crippen LogP contribution is 2.32. The number of aliphatic hydroxyl groups is 4. The molecule has 2 aliphatic heterocycles. The van der Waals surface area contributed by atoms with E-state index in [9.17, 15) is 25.2 Å². The summed E-state index contributed by atoms with van der Waals surface area (Å²) >= 11 is 0. The maximum Gasteiger partial charge on any atom is 0.340 e. The highest BCUT2D eigenvalue weighted by molar-refractivity contribution is 5.90. The maximum atomic E-state index is 12.4. The van der Waals surface area contributed by atoms with Crippen LogP contribution in [0, 0.1) is 0 Å². The molecule has 26 heavy (non-hydrogen) atoms. The first kappa shape index (κ1) is 18.8. The van der Waals surface area contributed by atoms with E-state index in [1.807, 2.05) is 6.92 Å². The van der Waals surface area contributed by atoms with Crippen molar-refractivity contribution in [3.63, 3.8) is 0 Å². The minimum Gasteiger partial charge on any atom is -0.485 e. The van der Waals surface area contributed by atoms with E-state index < -0.39 is 43.3 Å². The predicted molar refractivity (Wildman–Crippen MR) is 88.6 cm³/mol. The van der Waals surface area contributed by atoms with Crippen LogP contribution in [-0.4, -0.2) is 69.8 Å². The standard InChI is InChI=1S/C18H22O8/c1-8(2)12-6-10-5-9(3-4-11(10)24-12)17(23)26-18-16(22)15(21)14(20)13(7-19)25-18/h3-5,12-16,18-22H,1,6-7H2,2H3/t12-,13-,14+,15+,16+,18-/m0/s1. The Morgan fingerprint density at radius 1 is 1.27 bits per heavy atom. The number of hydrogen-bond donors (Lipinski definition) is 4. The van der Waals surface area contributed by atoms with Gasteiger partial charge in [-0.1, -0.05) is 6.58 Å². The molecule has 1 saturated heterocycles. The molecule has 0 bridgehead atoms. The van der Waals surface area contributed by atoms with Gasteiger partial charge >= 0.3 is 5.97 Å². The Balaban J connectivity index is 1.71. The Bertz CT molecular complexity index is 700. The van der Waals surface area contributed by atoms with Crippen LogP contribution in [0.25, 0.3) is 0 Å². The number of rotatable bonds is 4. The molecule has 0 radical (unpaired) electrons. The van der Waals surface area contributed by atoms with Crippen molar-refractivity contribution in [1.82, 2.24) is 0 Å². The van der Waals surface area contributed by atoms with Gasteiger partial charge in [0.15, 0.2) is 0 Å². The smallest absolute Gasteiger partial charge is 0.340 e. The van der Waals surface area contributed by atoms with Crippen LogP contribution in [0.15, 0.2) is 30.4 Å². The van der Waals surface area contributed by atoms with Gasteiger partial charge in [0.25, 0.3) is 0 Å². The Labute approximate surface area is 150 Å². The monoisotopic (exact) mass is 366 g/mol. The molecule has 4 N–H and O–H groups in total. The fourth-order valence-corrected chi connectivity index (χ4v) is 2.99. The van der Waals surface area contributed by atoms with Crippen molar-refractivity contribution in [2.24, 2.45) is 0 Å². The first-order valence-electron chi connectivity index (χ1n) is 8.28. The largest absolute Gasteiger partial charge is 0.485 e. The van der Waals surface area contributed by atoms with Gasteiger partial charge in [-0.15, -0.1) is 0 Å². The fourth-order valence-electron chi connectivity index (χ4n) is 2.99. The summed E-state index contributed by atoms with van der Waals surface area (Å²) in [6, 6.07) is 4.80. The molecule has 8 heteroatoms. The summed E-state index contributed by atoms with van der Waals surface area (Å²) in [6.45, 7) is 5.13. The molecule has 1 fully saturated rings. The van der Waals surface area contributed by atoms with E-state index in [0.29, 0.717) is 12.2 Å². The molecule has 0 saturated carbocycles. The fraction of sp³-hybridized carbons (Fsp3) is 0.500. The van der Waals surface area contributed by atoms with Crippen molar-refractivity contribution in [2.75, 3.05) is 6.61 Å². The van der Waals surface area contributed by atoms with Gasteiger partial charge < -0.3 is 34.6 Å². The Morgan fingerprint density at radius 3 is 2.65 bits per heavy atom. The summed E-state index contributed by atoms with van der Waals surface area (Å²) in [5, 5.41) is 38.6. The zero-order valence-electron chi connectivity index (χ0n) is 14.2. The first-order chi connectivity index (χ1) is 12.3. The van der Waals surface area contributed by atoms with E-state index in [-0.39, 0.29) is 11.7 Å². The zero-order valence-corrected chi connectivity index (χ0v) is 14.2. The summed E-state index contributed by atoms with van der Waals surface area (Å²) in [4.78, 5) is 12.4. The van der Waals surface area contributed by atoms with E-state index in [2.05, 4.69) is 6.58 Å². The second kappa shape index (κ2) is 7.34. The lowest BCUT2D eigenvalue weighted by Gasteiger charge is -2.39. The summed E-state index contributed by atoms with van der Waals surface area (Å²) < 4.78 is 16.0. The summed E-state index contributed by atoms with van der Waals surface area (Å²) in [5.74, 6) is -0.0988. The van der Waals surface area contributed by atoms with Crippen LogP contribution < -0.4 is 4.74 Å². The van der Waals surface area contributed by atoms with E-state index in [4.69, 9.17) is 14.2 Å². The maximum absolute atomic E-state index is 12.4. The topological polar surface area (TPSA) is 126 Å². The number of carbonyl (C=O) groups excluding carboxylic acids is 1. The van der Waals surface area contributed by atoms with Gasteiger partial charge in [0.1, 0.15) is 36.3 Å². The molecule has 142 valence electrons. The van der Waals surface area contributed by atoms with E-state index in [1.54, 1.807) is 12.1 Å². The van der Waals surface area contributed by atoms with Crippen LogP contribution in [0.1, 0.15) is 22.8 Å². The second-order valence-electron chi connectivity index (χ2n) is 6.58. The minimum absolute atomic E-state index is 0.137. The van der Waals surface area contributed by atoms with Gasteiger partial charge in [-0.05, 0) is 36.3 Å². The normalized spacial score (nSPS) is 33.3. The van der Waals surface area contributed by atoms with Crippen molar-refractivity contribution >= 4 is 5.97 Å². The third-order valence-electron chi connectivity index (χ3n) is 4.59. The lowest BCUT2D eigenvalue weighted by atomic mass is 9.99. The average molecular weight is 366 g/mol. The van der Waals surface area contributed by atoms with Gasteiger partial charge in [-0.2, -0.15) is 0 Å². The molecule has 1 aromatic rings. The summed E-state index contributed by atoms with van der Waals surface area (Å²) in [5.41, 5.74) is 1.94. The molecule has 0 unspecified atom stereocenters. The second-order valence-corrected chi connectivity index (χ2v) is 6.58. The molecule has 0 aliphatic carbocycles. The lowest BCUT2D eigenvalue weighted by Crippen LogP contribution is -2.59. The highest BCUT2D eigenvalue weighted by Gasteiger charge is 2.45. The quantitative estimate of drug-likeness (QED) is 0.416.